The van der Waals surface area contributed by atoms with E-state index in [1.165, 1.54) is 6.92 Å². The molecule has 0 aliphatic heterocycles. The van der Waals surface area contributed by atoms with E-state index in [1.54, 1.807) is 13.0 Å². The Morgan fingerprint density at radius 1 is 1.67 bits per heavy atom. The number of hydrogen-bond donors (Lipinski definition) is 2. The van der Waals surface area contributed by atoms with Crippen LogP contribution in [0.4, 0.5) is 0 Å². The maximum absolute atomic E-state index is 11.4. The van der Waals surface area contributed by atoms with E-state index >= 15 is 0 Å². The summed E-state index contributed by atoms with van der Waals surface area (Å²) in [7, 11) is -3.45. The maximum Gasteiger partial charge on any atom is 0.217 e. The lowest BCUT2D eigenvalue weighted by atomic mass is 10.4. The van der Waals surface area contributed by atoms with Crippen LogP contribution in [0.2, 0.25) is 0 Å². The molecule has 0 bridgehead atoms. The van der Waals surface area contributed by atoms with E-state index in [-0.39, 0.29) is 12.3 Å². The molecule has 1 aromatic rings. The monoisotopic (exact) mass is 234 g/mol. The number of aromatic nitrogens is 1. The van der Waals surface area contributed by atoms with Gasteiger partial charge in [0, 0.05) is 12.6 Å². The molecule has 0 spiro atoms. The van der Waals surface area contributed by atoms with Crippen molar-refractivity contribution in [3.8, 4) is 0 Å². The van der Waals surface area contributed by atoms with Crippen molar-refractivity contribution in [3.63, 3.8) is 0 Å². The lowest BCUT2D eigenvalue weighted by molar-refractivity contribution is 0.198. The normalized spacial score (nSPS) is 14.1. The Morgan fingerprint density at radius 2 is 2.33 bits per heavy atom. The third kappa shape index (κ3) is 4.41. The van der Waals surface area contributed by atoms with Gasteiger partial charge in [0.1, 0.15) is 17.2 Å². The minimum absolute atomic E-state index is 0.000826. The highest BCUT2D eigenvalue weighted by molar-refractivity contribution is 7.88. The van der Waals surface area contributed by atoms with Gasteiger partial charge in [0.25, 0.3) is 0 Å². The molecule has 1 heterocycles. The number of nitrogens with zero attached hydrogens (tertiary/aromatic N) is 1. The van der Waals surface area contributed by atoms with E-state index in [9.17, 15) is 8.42 Å². The highest BCUT2D eigenvalue weighted by Crippen LogP contribution is 2.05. The van der Waals surface area contributed by atoms with E-state index in [1.807, 2.05) is 0 Å². The second-order valence-electron chi connectivity index (χ2n) is 3.39. The van der Waals surface area contributed by atoms with Crippen LogP contribution in [0.15, 0.2) is 10.6 Å². The zero-order chi connectivity index (χ0) is 11.5. The fraction of sp³-hybridized carbons (Fsp3) is 0.625. The number of rotatable bonds is 5. The first kappa shape index (κ1) is 12.2. The molecule has 0 radical (unpaired) electrons. The number of aliphatic hydroxyl groups excluding tert-OH is 1. The molecular formula is C8H14N2O4S. The Balaban J connectivity index is 2.57. The number of sulfonamides is 1. The van der Waals surface area contributed by atoms with Gasteiger partial charge in [-0.15, -0.1) is 0 Å². The summed E-state index contributed by atoms with van der Waals surface area (Å²) in [4.78, 5) is 0. The third-order valence-electron chi connectivity index (χ3n) is 1.61. The van der Waals surface area contributed by atoms with Gasteiger partial charge < -0.3 is 9.63 Å². The van der Waals surface area contributed by atoms with Gasteiger partial charge in [0.2, 0.25) is 10.0 Å². The Hall–Kier alpha value is -0.920. The molecule has 0 aliphatic carbocycles. The predicted molar refractivity (Wildman–Crippen MR) is 53.5 cm³/mol. The smallest absolute Gasteiger partial charge is 0.217 e. The van der Waals surface area contributed by atoms with E-state index in [0.29, 0.717) is 11.5 Å². The van der Waals surface area contributed by atoms with Gasteiger partial charge in [-0.1, -0.05) is 5.16 Å². The van der Waals surface area contributed by atoms with Gasteiger partial charge >= 0.3 is 0 Å². The third-order valence-corrected chi connectivity index (χ3v) is 2.90. The molecule has 7 heteroatoms. The summed E-state index contributed by atoms with van der Waals surface area (Å²) >= 11 is 0. The van der Waals surface area contributed by atoms with Crippen LogP contribution < -0.4 is 4.72 Å². The Labute approximate surface area is 88.3 Å². The molecule has 2 N–H and O–H groups in total. The fourth-order valence-corrected chi connectivity index (χ4v) is 2.10. The molecule has 1 rings (SSSR count). The molecule has 0 fully saturated rings. The first-order valence-corrected chi connectivity index (χ1v) is 6.12. The lowest BCUT2D eigenvalue weighted by Gasteiger charge is -2.06. The highest BCUT2D eigenvalue weighted by atomic mass is 32.2. The lowest BCUT2D eigenvalue weighted by Crippen LogP contribution is -2.31. The van der Waals surface area contributed by atoms with E-state index in [4.69, 9.17) is 9.63 Å². The van der Waals surface area contributed by atoms with E-state index < -0.39 is 16.1 Å². The SMILES string of the molecule is Cc1cc(CS(=O)(=O)NC[C@H](C)O)no1. The van der Waals surface area contributed by atoms with Crippen LogP contribution >= 0.6 is 0 Å². The quantitative estimate of drug-likeness (QED) is 0.735. The molecule has 1 atom stereocenters. The summed E-state index contributed by atoms with van der Waals surface area (Å²) < 4.78 is 29.8. The summed E-state index contributed by atoms with van der Waals surface area (Å²) in [5, 5.41) is 12.5. The minimum atomic E-state index is -3.45. The van der Waals surface area contributed by atoms with Gasteiger partial charge in [-0.25, -0.2) is 13.1 Å². The second kappa shape index (κ2) is 4.73. The van der Waals surface area contributed by atoms with Crippen molar-refractivity contribution in [3.05, 3.63) is 17.5 Å². The number of aryl methyl sites for hydroxylation is 1. The molecule has 0 unspecified atom stereocenters. The van der Waals surface area contributed by atoms with Crippen LogP contribution in [-0.4, -0.2) is 31.3 Å². The van der Waals surface area contributed by atoms with Crippen LogP contribution in [0.5, 0.6) is 0 Å². The van der Waals surface area contributed by atoms with Crippen molar-refractivity contribution < 1.29 is 18.0 Å². The predicted octanol–water partition coefficient (Wildman–Crippen LogP) is -0.217. The maximum atomic E-state index is 11.4. The van der Waals surface area contributed by atoms with Gasteiger partial charge in [-0.2, -0.15) is 0 Å². The molecule has 0 aromatic carbocycles. The van der Waals surface area contributed by atoms with Crippen LogP contribution in [-0.2, 0) is 15.8 Å². The molecule has 1 aromatic heterocycles. The van der Waals surface area contributed by atoms with Crippen molar-refractivity contribution in [1.29, 1.82) is 0 Å². The summed E-state index contributed by atoms with van der Waals surface area (Å²) in [6, 6.07) is 1.56. The van der Waals surface area contributed by atoms with Crippen molar-refractivity contribution in [1.82, 2.24) is 9.88 Å². The number of aliphatic hydroxyl groups is 1. The molecule has 6 nitrogen and oxygen atoms in total. The Bertz CT molecular complexity index is 410. The van der Waals surface area contributed by atoms with Gasteiger partial charge in [0.05, 0.1) is 6.10 Å². The van der Waals surface area contributed by atoms with E-state index in [2.05, 4.69) is 9.88 Å². The summed E-state index contributed by atoms with van der Waals surface area (Å²) in [6.45, 7) is 3.19. The van der Waals surface area contributed by atoms with Crippen LogP contribution in [0.3, 0.4) is 0 Å². The summed E-state index contributed by atoms with van der Waals surface area (Å²) in [5.41, 5.74) is 0.352. The van der Waals surface area contributed by atoms with Crippen molar-refractivity contribution in [2.24, 2.45) is 0 Å². The summed E-state index contributed by atoms with van der Waals surface area (Å²) in [6.07, 6.45) is -0.709. The molecule has 0 saturated carbocycles. The largest absolute Gasteiger partial charge is 0.392 e. The number of hydrogen-bond acceptors (Lipinski definition) is 5. The minimum Gasteiger partial charge on any atom is -0.392 e. The first-order chi connectivity index (χ1) is 6.89. The van der Waals surface area contributed by atoms with Gasteiger partial charge in [-0.05, 0) is 13.8 Å². The second-order valence-corrected chi connectivity index (χ2v) is 5.19. The first-order valence-electron chi connectivity index (χ1n) is 4.46. The Morgan fingerprint density at radius 3 is 2.80 bits per heavy atom. The fourth-order valence-electron chi connectivity index (χ4n) is 0.979. The molecule has 0 saturated heterocycles. The standard InChI is InChI=1S/C8H14N2O4S/c1-6(11)4-9-15(12,13)5-8-3-7(2)14-10-8/h3,6,9,11H,4-5H2,1-2H3/t6-/m0/s1. The van der Waals surface area contributed by atoms with Crippen molar-refractivity contribution >= 4 is 10.0 Å². The average molecular weight is 234 g/mol. The van der Waals surface area contributed by atoms with Crippen LogP contribution in [0, 0.1) is 6.92 Å². The van der Waals surface area contributed by atoms with Crippen LogP contribution in [0.25, 0.3) is 0 Å². The van der Waals surface area contributed by atoms with Gasteiger partial charge in [0.15, 0.2) is 0 Å². The zero-order valence-electron chi connectivity index (χ0n) is 8.60. The summed E-state index contributed by atoms with van der Waals surface area (Å²) in [5.74, 6) is 0.326. The average Bonchev–Trinajstić information content (AvgIpc) is 2.47. The topological polar surface area (TPSA) is 92.4 Å². The van der Waals surface area contributed by atoms with Crippen molar-refractivity contribution in [2.45, 2.75) is 25.7 Å². The molecular weight excluding hydrogens is 220 g/mol. The number of nitrogens with one attached hydrogen (secondary N) is 1. The van der Waals surface area contributed by atoms with E-state index in [0.717, 1.165) is 0 Å². The molecule has 0 amide bonds. The molecule has 0 aliphatic rings. The zero-order valence-corrected chi connectivity index (χ0v) is 9.41. The molecule has 15 heavy (non-hydrogen) atoms. The Kier molecular flexibility index (Phi) is 3.83. The molecule has 86 valence electrons. The highest BCUT2D eigenvalue weighted by Gasteiger charge is 2.14. The van der Waals surface area contributed by atoms with Crippen LogP contribution in [0.1, 0.15) is 18.4 Å². The van der Waals surface area contributed by atoms with Gasteiger partial charge in [-0.3, -0.25) is 0 Å². The van der Waals surface area contributed by atoms with Crippen molar-refractivity contribution in [2.75, 3.05) is 6.54 Å².